The molecule has 108 valence electrons. The van der Waals surface area contributed by atoms with Gasteiger partial charge in [-0.15, -0.1) is 0 Å². The van der Waals surface area contributed by atoms with Crippen LogP contribution >= 0.6 is 0 Å². The number of anilines is 2. The van der Waals surface area contributed by atoms with E-state index in [1.807, 2.05) is 20.2 Å². The third kappa shape index (κ3) is 3.04. The predicted octanol–water partition coefficient (Wildman–Crippen LogP) is 2.94. The largest absolute Gasteiger partial charge is 0.416 e. The third-order valence-electron chi connectivity index (χ3n) is 2.96. The standard InChI is InChI=1S/C13H15F3N4/c1-8-9(7-20(2)19-8)6-18-12-4-3-10(5-11(12)17)13(14,15)16/h3-5,7,18H,6,17H2,1-2H3. The first-order valence-corrected chi connectivity index (χ1v) is 5.97. The predicted molar refractivity (Wildman–Crippen MR) is 71.1 cm³/mol. The fourth-order valence-electron chi connectivity index (χ4n) is 1.91. The molecule has 0 saturated heterocycles. The lowest BCUT2D eigenvalue weighted by molar-refractivity contribution is -0.137. The van der Waals surface area contributed by atoms with Crippen molar-refractivity contribution in [1.82, 2.24) is 9.78 Å². The van der Waals surface area contributed by atoms with E-state index in [2.05, 4.69) is 10.4 Å². The highest BCUT2D eigenvalue weighted by molar-refractivity contribution is 5.67. The molecule has 0 aliphatic carbocycles. The van der Waals surface area contributed by atoms with Crippen molar-refractivity contribution in [2.45, 2.75) is 19.6 Å². The van der Waals surface area contributed by atoms with E-state index < -0.39 is 11.7 Å². The smallest absolute Gasteiger partial charge is 0.397 e. The zero-order chi connectivity index (χ0) is 14.9. The van der Waals surface area contributed by atoms with Crippen LogP contribution in [0.4, 0.5) is 24.5 Å². The van der Waals surface area contributed by atoms with Gasteiger partial charge in [0.25, 0.3) is 0 Å². The normalized spacial score (nSPS) is 11.7. The number of aryl methyl sites for hydroxylation is 2. The quantitative estimate of drug-likeness (QED) is 0.852. The highest BCUT2D eigenvalue weighted by atomic mass is 19.4. The van der Waals surface area contributed by atoms with E-state index in [1.54, 1.807) is 4.68 Å². The summed E-state index contributed by atoms with van der Waals surface area (Å²) < 4.78 is 39.2. The Bertz CT molecular complexity index is 617. The molecule has 0 radical (unpaired) electrons. The van der Waals surface area contributed by atoms with Crippen molar-refractivity contribution >= 4 is 11.4 Å². The lowest BCUT2D eigenvalue weighted by atomic mass is 10.1. The van der Waals surface area contributed by atoms with E-state index in [4.69, 9.17) is 5.73 Å². The summed E-state index contributed by atoms with van der Waals surface area (Å²) in [6.45, 7) is 2.32. The fourth-order valence-corrected chi connectivity index (χ4v) is 1.91. The van der Waals surface area contributed by atoms with E-state index >= 15 is 0 Å². The number of hydrogen-bond acceptors (Lipinski definition) is 3. The molecule has 0 atom stereocenters. The lowest BCUT2D eigenvalue weighted by Crippen LogP contribution is -2.08. The minimum atomic E-state index is -4.38. The summed E-state index contributed by atoms with van der Waals surface area (Å²) in [5.41, 5.74) is 7.27. The van der Waals surface area contributed by atoms with Gasteiger partial charge in [0.05, 0.1) is 22.6 Å². The van der Waals surface area contributed by atoms with E-state index in [1.165, 1.54) is 6.07 Å². The van der Waals surface area contributed by atoms with Gasteiger partial charge >= 0.3 is 6.18 Å². The SMILES string of the molecule is Cc1nn(C)cc1CNc1ccc(C(F)(F)F)cc1N. The van der Waals surface area contributed by atoms with Gasteiger partial charge in [0.1, 0.15) is 0 Å². The Morgan fingerprint density at radius 3 is 2.55 bits per heavy atom. The zero-order valence-electron chi connectivity index (χ0n) is 11.1. The van der Waals surface area contributed by atoms with E-state index in [0.29, 0.717) is 12.2 Å². The van der Waals surface area contributed by atoms with Gasteiger partial charge in [-0.25, -0.2) is 0 Å². The molecule has 0 amide bonds. The Morgan fingerprint density at radius 1 is 1.35 bits per heavy atom. The minimum Gasteiger partial charge on any atom is -0.397 e. The van der Waals surface area contributed by atoms with Crippen molar-refractivity contribution in [3.8, 4) is 0 Å². The maximum atomic E-state index is 12.5. The molecular weight excluding hydrogens is 269 g/mol. The number of benzene rings is 1. The van der Waals surface area contributed by atoms with Crippen LogP contribution in [0, 0.1) is 6.92 Å². The molecule has 0 spiro atoms. The molecule has 0 fully saturated rings. The maximum absolute atomic E-state index is 12.5. The number of nitrogens with one attached hydrogen (secondary N) is 1. The number of nitrogens with zero attached hydrogens (tertiary/aromatic N) is 2. The summed E-state index contributed by atoms with van der Waals surface area (Å²) >= 11 is 0. The van der Waals surface area contributed by atoms with Crippen LogP contribution < -0.4 is 11.1 Å². The summed E-state index contributed by atoms with van der Waals surface area (Å²) in [6.07, 6.45) is -2.53. The molecular formula is C13H15F3N4. The summed E-state index contributed by atoms with van der Waals surface area (Å²) in [7, 11) is 1.81. The van der Waals surface area contributed by atoms with Crippen LogP contribution in [-0.2, 0) is 19.8 Å². The van der Waals surface area contributed by atoms with Crippen LogP contribution in [0.1, 0.15) is 16.8 Å². The van der Waals surface area contributed by atoms with Crippen LogP contribution in [0.25, 0.3) is 0 Å². The fraction of sp³-hybridized carbons (Fsp3) is 0.308. The van der Waals surface area contributed by atoms with E-state index in [9.17, 15) is 13.2 Å². The maximum Gasteiger partial charge on any atom is 0.416 e. The molecule has 0 aliphatic rings. The van der Waals surface area contributed by atoms with Gasteiger partial charge in [0.15, 0.2) is 0 Å². The minimum absolute atomic E-state index is 0.0707. The molecule has 1 heterocycles. The number of alkyl halides is 3. The van der Waals surface area contributed by atoms with Crippen molar-refractivity contribution in [2.75, 3.05) is 11.1 Å². The number of rotatable bonds is 3. The van der Waals surface area contributed by atoms with Crippen molar-refractivity contribution in [3.05, 3.63) is 41.2 Å². The first-order valence-electron chi connectivity index (χ1n) is 5.97. The first-order chi connectivity index (χ1) is 9.27. The van der Waals surface area contributed by atoms with E-state index in [0.717, 1.165) is 23.4 Å². The van der Waals surface area contributed by atoms with Gasteiger partial charge in [-0.1, -0.05) is 0 Å². The monoisotopic (exact) mass is 284 g/mol. The van der Waals surface area contributed by atoms with Gasteiger partial charge in [0, 0.05) is 25.4 Å². The number of halogens is 3. The van der Waals surface area contributed by atoms with Crippen LogP contribution in [0.2, 0.25) is 0 Å². The molecule has 1 aromatic carbocycles. The molecule has 0 bridgehead atoms. The number of hydrogen-bond donors (Lipinski definition) is 2. The number of nitrogen functional groups attached to an aromatic ring is 1. The van der Waals surface area contributed by atoms with Crippen molar-refractivity contribution in [3.63, 3.8) is 0 Å². The molecule has 0 unspecified atom stereocenters. The second-order valence-corrected chi connectivity index (χ2v) is 4.57. The molecule has 7 heteroatoms. The summed E-state index contributed by atoms with van der Waals surface area (Å²) in [4.78, 5) is 0. The highest BCUT2D eigenvalue weighted by Crippen LogP contribution is 2.32. The molecule has 2 aromatic rings. The highest BCUT2D eigenvalue weighted by Gasteiger charge is 2.30. The van der Waals surface area contributed by atoms with E-state index in [-0.39, 0.29) is 5.69 Å². The van der Waals surface area contributed by atoms with Crippen molar-refractivity contribution in [1.29, 1.82) is 0 Å². The third-order valence-corrected chi connectivity index (χ3v) is 2.96. The van der Waals surface area contributed by atoms with Gasteiger partial charge in [-0.2, -0.15) is 18.3 Å². The molecule has 0 saturated carbocycles. The molecule has 1 aromatic heterocycles. The van der Waals surface area contributed by atoms with Gasteiger partial charge in [0.2, 0.25) is 0 Å². The Kier molecular flexibility index (Phi) is 3.61. The van der Waals surface area contributed by atoms with Gasteiger partial charge in [-0.05, 0) is 25.1 Å². The second kappa shape index (κ2) is 5.07. The average Bonchev–Trinajstić information content (AvgIpc) is 2.65. The first kappa shape index (κ1) is 14.2. The van der Waals surface area contributed by atoms with Gasteiger partial charge < -0.3 is 11.1 Å². The van der Waals surface area contributed by atoms with Crippen LogP contribution in [0.15, 0.2) is 24.4 Å². The molecule has 20 heavy (non-hydrogen) atoms. The Hall–Kier alpha value is -2.18. The topological polar surface area (TPSA) is 55.9 Å². The molecule has 0 aliphatic heterocycles. The lowest BCUT2D eigenvalue weighted by Gasteiger charge is -2.12. The van der Waals surface area contributed by atoms with Gasteiger partial charge in [-0.3, -0.25) is 4.68 Å². The number of nitrogens with two attached hydrogens (primary N) is 1. The Labute approximate surface area is 114 Å². The number of aromatic nitrogens is 2. The summed E-state index contributed by atoms with van der Waals surface area (Å²) in [5.74, 6) is 0. The molecule has 2 rings (SSSR count). The van der Waals surface area contributed by atoms with Crippen LogP contribution in [0.5, 0.6) is 0 Å². The Morgan fingerprint density at radius 2 is 2.05 bits per heavy atom. The van der Waals surface area contributed by atoms with Crippen LogP contribution in [0.3, 0.4) is 0 Å². The van der Waals surface area contributed by atoms with Crippen molar-refractivity contribution in [2.24, 2.45) is 7.05 Å². The zero-order valence-corrected chi connectivity index (χ0v) is 11.1. The van der Waals surface area contributed by atoms with Crippen molar-refractivity contribution < 1.29 is 13.2 Å². The Balaban J connectivity index is 2.13. The van der Waals surface area contributed by atoms with Crippen LogP contribution in [-0.4, -0.2) is 9.78 Å². The average molecular weight is 284 g/mol. The summed E-state index contributed by atoms with van der Waals surface area (Å²) in [5, 5.41) is 7.21. The molecule has 3 N–H and O–H groups in total. The molecule has 4 nitrogen and oxygen atoms in total. The second-order valence-electron chi connectivity index (χ2n) is 4.57. The summed E-state index contributed by atoms with van der Waals surface area (Å²) in [6, 6.07) is 3.27.